The zero-order chi connectivity index (χ0) is 22.5. The fraction of sp³-hybridized carbons (Fsp3) is 0.333. The Kier molecular flexibility index (Phi) is 5.73. The van der Waals surface area contributed by atoms with Gasteiger partial charge in [-0.3, -0.25) is 14.3 Å². The Morgan fingerprint density at radius 2 is 2.06 bits per heavy atom. The molecule has 176 valence electrons. The molecule has 2 unspecified atom stereocenters. The van der Waals surface area contributed by atoms with Gasteiger partial charge in [0.15, 0.2) is 0 Å². The van der Waals surface area contributed by atoms with Gasteiger partial charge < -0.3 is 14.6 Å². The molecule has 0 aliphatic carbocycles. The predicted molar refractivity (Wildman–Crippen MR) is 131 cm³/mol. The third-order valence-corrected chi connectivity index (χ3v) is 6.96. The van der Waals surface area contributed by atoms with E-state index in [1.54, 1.807) is 22.9 Å². The summed E-state index contributed by atoms with van der Waals surface area (Å²) in [5.41, 5.74) is 5.25. The van der Waals surface area contributed by atoms with Crippen LogP contribution >= 0.6 is 0 Å². The van der Waals surface area contributed by atoms with Gasteiger partial charge in [-0.25, -0.2) is 4.39 Å². The fourth-order valence-corrected chi connectivity index (χ4v) is 5.35. The van der Waals surface area contributed by atoms with Gasteiger partial charge in [0.2, 0.25) is 0 Å². The highest BCUT2D eigenvalue weighted by Gasteiger charge is 2.33. The lowest BCUT2D eigenvalue weighted by molar-refractivity contribution is 0.299. The summed E-state index contributed by atoms with van der Waals surface area (Å²) in [6, 6.07) is 13.4. The molecule has 1 N–H and O–H groups in total. The largest absolute Gasteiger partial charge is 0.487 e. The first kappa shape index (κ1) is 22.3. The van der Waals surface area contributed by atoms with Gasteiger partial charge in [-0.05, 0) is 55.2 Å². The molecule has 0 saturated carbocycles. The second kappa shape index (κ2) is 8.72. The molecular formula is C27H29FN4O2. The highest BCUT2D eigenvalue weighted by Crippen LogP contribution is 2.40. The summed E-state index contributed by atoms with van der Waals surface area (Å²) in [6.07, 6.45) is 7.63. The first-order valence-corrected chi connectivity index (χ1v) is 11.4. The summed E-state index contributed by atoms with van der Waals surface area (Å²) in [4.78, 5) is 16.8. The van der Waals surface area contributed by atoms with Crippen LogP contribution in [-0.4, -0.2) is 20.2 Å². The summed E-state index contributed by atoms with van der Waals surface area (Å²) in [5, 5.41) is 5.07. The molecule has 2 atom stereocenters. The number of nitrogens with one attached hydrogen (secondary N) is 1. The van der Waals surface area contributed by atoms with Gasteiger partial charge in [0.1, 0.15) is 18.2 Å². The number of hydrogen-bond donors (Lipinski definition) is 1. The highest BCUT2D eigenvalue weighted by molar-refractivity contribution is 5.88. The van der Waals surface area contributed by atoms with Crippen molar-refractivity contribution >= 4 is 10.9 Å². The topological polar surface area (TPSA) is 61.1 Å². The first-order valence-electron chi connectivity index (χ1n) is 11.4. The molecule has 5 heterocycles. The molecular weight excluding hydrogens is 431 g/mol. The minimum Gasteiger partial charge on any atom is -0.487 e. The van der Waals surface area contributed by atoms with Crippen molar-refractivity contribution in [1.82, 2.24) is 19.4 Å². The number of rotatable bonds is 4. The van der Waals surface area contributed by atoms with Crippen molar-refractivity contribution in [1.29, 1.82) is 0 Å². The second-order valence-corrected chi connectivity index (χ2v) is 9.00. The second-order valence-electron chi connectivity index (χ2n) is 9.00. The number of hydrogen-bond acceptors (Lipinski definition) is 4. The molecule has 4 aromatic rings. The van der Waals surface area contributed by atoms with Crippen LogP contribution in [0.3, 0.4) is 0 Å². The van der Waals surface area contributed by atoms with E-state index in [4.69, 9.17) is 4.74 Å². The minimum atomic E-state index is -0.392. The highest BCUT2D eigenvalue weighted by atomic mass is 19.1. The number of benzene rings is 1. The molecule has 6 nitrogen and oxygen atoms in total. The Labute approximate surface area is 198 Å². The lowest BCUT2D eigenvalue weighted by Crippen LogP contribution is -2.42. The van der Waals surface area contributed by atoms with Gasteiger partial charge in [-0.15, -0.1) is 0 Å². The molecule has 2 bridgehead atoms. The standard InChI is InChI=1S/C26H25FN4O2.CH4/c1-30-23-12-19(7-8-21(23)26-22-4-2-3-17(29-22)11-24(26)30)31-10-9-20(13-25(31)32)33-15-18-6-5-16(27)14-28-18;/h5-10,12-14,17,22,29H,2-4,11,15H2,1H3;1H4. The molecule has 2 aliphatic rings. The van der Waals surface area contributed by atoms with E-state index in [9.17, 15) is 9.18 Å². The van der Waals surface area contributed by atoms with Crippen LogP contribution in [-0.2, 0) is 20.1 Å². The zero-order valence-corrected chi connectivity index (χ0v) is 18.4. The summed E-state index contributed by atoms with van der Waals surface area (Å²) in [5.74, 6) is 0.0628. The van der Waals surface area contributed by atoms with Gasteiger partial charge >= 0.3 is 0 Å². The molecule has 1 saturated heterocycles. The van der Waals surface area contributed by atoms with Gasteiger partial charge in [-0.1, -0.05) is 13.5 Å². The number of ether oxygens (including phenoxy) is 1. The van der Waals surface area contributed by atoms with E-state index in [1.807, 2.05) is 6.07 Å². The number of pyridine rings is 2. The van der Waals surface area contributed by atoms with Crippen molar-refractivity contribution in [3.05, 3.63) is 88.0 Å². The van der Waals surface area contributed by atoms with Crippen LogP contribution in [0, 0.1) is 5.82 Å². The predicted octanol–water partition coefficient (Wildman–Crippen LogP) is 4.82. The Hall–Kier alpha value is -3.45. The van der Waals surface area contributed by atoms with Crippen molar-refractivity contribution in [3.63, 3.8) is 0 Å². The third-order valence-electron chi connectivity index (χ3n) is 6.96. The van der Waals surface area contributed by atoms with E-state index in [2.05, 4.69) is 34.0 Å². The van der Waals surface area contributed by atoms with Crippen molar-refractivity contribution in [2.75, 3.05) is 0 Å². The van der Waals surface area contributed by atoms with Gasteiger partial charge in [0.25, 0.3) is 5.56 Å². The average molecular weight is 461 g/mol. The number of nitrogens with zero attached hydrogens (tertiary/aromatic N) is 3. The van der Waals surface area contributed by atoms with Gasteiger partial charge in [0.05, 0.1) is 23.1 Å². The van der Waals surface area contributed by atoms with Gasteiger partial charge in [-0.2, -0.15) is 0 Å². The van der Waals surface area contributed by atoms with Crippen LogP contribution in [0.2, 0.25) is 0 Å². The number of aromatic nitrogens is 3. The molecule has 1 aromatic carbocycles. The maximum atomic E-state index is 13.0. The van der Waals surface area contributed by atoms with E-state index in [1.165, 1.54) is 48.0 Å². The molecule has 7 heteroatoms. The molecule has 1 fully saturated rings. The van der Waals surface area contributed by atoms with E-state index in [-0.39, 0.29) is 19.6 Å². The summed E-state index contributed by atoms with van der Waals surface area (Å²) >= 11 is 0. The number of aryl methyl sites for hydroxylation is 1. The summed E-state index contributed by atoms with van der Waals surface area (Å²) in [6.45, 7) is 0.167. The lowest BCUT2D eigenvalue weighted by Gasteiger charge is -2.36. The summed E-state index contributed by atoms with van der Waals surface area (Å²) < 4.78 is 22.6. The van der Waals surface area contributed by atoms with E-state index in [0.717, 1.165) is 23.8 Å². The maximum Gasteiger partial charge on any atom is 0.258 e. The van der Waals surface area contributed by atoms with Crippen LogP contribution in [0.1, 0.15) is 49.7 Å². The van der Waals surface area contributed by atoms with E-state index in [0.29, 0.717) is 23.5 Å². The van der Waals surface area contributed by atoms with Crippen molar-refractivity contribution in [2.24, 2.45) is 7.05 Å². The van der Waals surface area contributed by atoms with Gasteiger partial charge in [0, 0.05) is 48.9 Å². The number of halogens is 1. The SMILES string of the molecule is C.Cn1c2c(c3ccc(-n4ccc(OCc5ccc(F)cn5)cc4=O)cc31)C1CCCC(C2)N1. The van der Waals surface area contributed by atoms with Crippen LogP contribution in [0.4, 0.5) is 4.39 Å². The van der Waals surface area contributed by atoms with Crippen LogP contribution in [0.15, 0.2) is 59.7 Å². The third kappa shape index (κ3) is 3.80. The van der Waals surface area contributed by atoms with E-state index >= 15 is 0 Å². The Morgan fingerprint density at radius 3 is 2.85 bits per heavy atom. The summed E-state index contributed by atoms with van der Waals surface area (Å²) in [7, 11) is 2.13. The number of fused-ring (bicyclic) bond motifs is 6. The van der Waals surface area contributed by atoms with Crippen LogP contribution in [0.5, 0.6) is 5.75 Å². The normalized spacial score (nSPS) is 18.9. The van der Waals surface area contributed by atoms with Crippen LogP contribution < -0.4 is 15.6 Å². The Balaban J connectivity index is 0.00000241. The maximum absolute atomic E-state index is 13.0. The average Bonchev–Trinajstić information content (AvgIpc) is 3.10. The lowest BCUT2D eigenvalue weighted by atomic mass is 9.84. The number of piperidine rings is 1. The molecule has 0 spiro atoms. The molecule has 34 heavy (non-hydrogen) atoms. The molecule has 3 aromatic heterocycles. The van der Waals surface area contributed by atoms with Crippen molar-refractivity contribution < 1.29 is 9.13 Å². The molecule has 6 rings (SSSR count). The van der Waals surface area contributed by atoms with Crippen molar-refractivity contribution in [3.8, 4) is 11.4 Å². The first-order chi connectivity index (χ1) is 16.1. The molecule has 0 radical (unpaired) electrons. The smallest absolute Gasteiger partial charge is 0.258 e. The quantitative estimate of drug-likeness (QED) is 0.475. The zero-order valence-electron chi connectivity index (χ0n) is 18.4. The Morgan fingerprint density at radius 1 is 1.18 bits per heavy atom. The van der Waals surface area contributed by atoms with E-state index < -0.39 is 5.82 Å². The molecule has 2 aliphatic heterocycles. The van der Waals surface area contributed by atoms with Crippen LogP contribution in [0.25, 0.3) is 16.6 Å². The monoisotopic (exact) mass is 460 g/mol. The minimum absolute atomic E-state index is 0. The fourth-order valence-electron chi connectivity index (χ4n) is 5.35. The van der Waals surface area contributed by atoms with Crippen molar-refractivity contribution in [2.45, 2.75) is 51.8 Å². The molecule has 0 amide bonds. The Bertz CT molecular complexity index is 1410.